The van der Waals surface area contributed by atoms with Crippen molar-refractivity contribution < 1.29 is 39.8 Å². The molecule has 1 saturated carbocycles. The molecule has 0 bridgehead atoms. The molecular weight excluding hydrogens is 308 g/mol. The van der Waals surface area contributed by atoms with Crippen LogP contribution in [-0.2, 0) is 16.1 Å². The molecule has 0 radical (unpaired) electrons. The topological polar surface area (TPSA) is 137 Å². The highest BCUT2D eigenvalue weighted by molar-refractivity contribution is 5.89. The SMILES string of the molecule is COC(=O)c1ccc(COC2[C@@H](O)[C@H](O)C(O)[C@@H](O)[C@H]2O)cc1. The normalized spacial score (nSPS) is 34.2. The van der Waals surface area contributed by atoms with E-state index in [4.69, 9.17) is 4.74 Å². The van der Waals surface area contributed by atoms with E-state index < -0.39 is 42.6 Å². The molecule has 8 heteroatoms. The molecule has 0 aromatic heterocycles. The van der Waals surface area contributed by atoms with Gasteiger partial charge >= 0.3 is 5.97 Å². The number of carbonyl (C=O) groups is 1. The number of aliphatic hydroxyl groups excluding tert-OH is 5. The van der Waals surface area contributed by atoms with Gasteiger partial charge in [0.1, 0.15) is 36.6 Å². The molecule has 1 fully saturated rings. The fourth-order valence-corrected chi connectivity index (χ4v) is 2.44. The number of benzene rings is 1. The summed E-state index contributed by atoms with van der Waals surface area (Å²) < 4.78 is 9.94. The molecule has 1 aromatic carbocycles. The van der Waals surface area contributed by atoms with Crippen molar-refractivity contribution in [2.45, 2.75) is 43.2 Å². The van der Waals surface area contributed by atoms with E-state index in [1.165, 1.54) is 19.2 Å². The van der Waals surface area contributed by atoms with E-state index in [2.05, 4.69) is 4.74 Å². The fourth-order valence-electron chi connectivity index (χ4n) is 2.44. The molecule has 128 valence electrons. The van der Waals surface area contributed by atoms with Gasteiger partial charge in [0, 0.05) is 0 Å². The number of esters is 1. The minimum Gasteiger partial charge on any atom is -0.465 e. The Morgan fingerprint density at radius 3 is 1.87 bits per heavy atom. The Morgan fingerprint density at radius 2 is 1.39 bits per heavy atom. The molecule has 0 spiro atoms. The van der Waals surface area contributed by atoms with E-state index in [1.807, 2.05) is 0 Å². The maximum absolute atomic E-state index is 11.3. The summed E-state index contributed by atoms with van der Waals surface area (Å²) in [5, 5.41) is 48.4. The van der Waals surface area contributed by atoms with Crippen molar-refractivity contribution in [1.29, 1.82) is 0 Å². The maximum Gasteiger partial charge on any atom is 0.337 e. The minimum absolute atomic E-state index is 0.0320. The Kier molecular flexibility index (Phi) is 5.69. The van der Waals surface area contributed by atoms with Gasteiger partial charge in [-0.05, 0) is 17.7 Å². The summed E-state index contributed by atoms with van der Waals surface area (Å²) in [6.45, 7) is -0.0320. The summed E-state index contributed by atoms with van der Waals surface area (Å²) in [7, 11) is 1.27. The van der Waals surface area contributed by atoms with E-state index in [0.29, 0.717) is 11.1 Å². The third kappa shape index (κ3) is 3.69. The van der Waals surface area contributed by atoms with E-state index >= 15 is 0 Å². The van der Waals surface area contributed by atoms with Crippen molar-refractivity contribution in [3.63, 3.8) is 0 Å². The van der Waals surface area contributed by atoms with Crippen molar-refractivity contribution in [2.24, 2.45) is 0 Å². The van der Waals surface area contributed by atoms with E-state index in [-0.39, 0.29) is 6.61 Å². The van der Waals surface area contributed by atoms with Crippen molar-refractivity contribution in [3.8, 4) is 0 Å². The van der Waals surface area contributed by atoms with Crippen LogP contribution in [0.1, 0.15) is 15.9 Å². The molecule has 2 unspecified atom stereocenters. The molecule has 6 atom stereocenters. The summed E-state index contributed by atoms with van der Waals surface area (Å²) in [6.07, 6.45) is -9.25. The van der Waals surface area contributed by atoms with Crippen molar-refractivity contribution in [1.82, 2.24) is 0 Å². The average molecular weight is 328 g/mol. The Labute approximate surface area is 132 Å². The smallest absolute Gasteiger partial charge is 0.337 e. The van der Waals surface area contributed by atoms with Gasteiger partial charge in [0.05, 0.1) is 19.3 Å². The van der Waals surface area contributed by atoms with E-state index in [1.54, 1.807) is 12.1 Å². The van der Waals surface area contributed by atoms with E-state index in [0.717, 1.165) is 0 Å². The third-order valence-corrected chi connectivity index (χ3v) is 3.89. The first-order chi connectivity index (χ1) is 10.9. The summed E-state index contributed by atoms with van der Waals surface area (Å²) in [5.41, 5.74) is 1.01. The van der Waals surface area contributed by atoms with Crippen LogP contribution in [0.15, 0.2) is 24.3 Å². The second-order valence-corrected chi connectivity index (χ2v) is 5.42. The number of hydrogen-bond acceptors (Lipinski definition) is 8. The van der Waals surface area contributed by atoms with Crippen molar-refractivity contribution >= 4 is 5.97 Å². The number of hydrogen-bond donors (Lipinski definition) is 5. The molecule has 0 aliphatic heterocycles. The Bertz CT molecular complexity index is 515. The molecule has 23 heavy (non-hydrogen) atoms. The van der Waals surface area contributed by atoms with Gasteiger partial charge in [0.25, 0.3) is 0 Å². The molecule has 2 rings (SSSR count). The molecule has 5 N–H and O–H groups in total. The molecule has 1 aromatic rings. The highest BCUT2D eigenvalue weighted by Crippen LogP contribution is 2.24. The Morgan fingerprint density at radius 1 is 0.913 bits per heavy atom. The number of aliphatic hydroxyl groups is 5. The van der Waals surface area contributed by atoms with Gasteiger partial charge in [0.2, 0.25) is 0 Å². The summed E-state index contributed by atoms with van der Waals surface area (Å²) in [5.74, 6) is -0.476. The zero-order valence-corrected chi connectivity index (χ0v) is 12.4. The van der Waals surface area contributed by atoms with Gasteiger partial charge in [0.15, 0.2) is 0 Å². The summed E-state index contributed by atoms with van der Waals surface area (Å²) in [6, 6.07) is 6.28. The quantitative estimate of drug-likeness (QED) is 0.407. The minimum atomic E-state index is -1.65. The van der Waals surface area contributed by atoms with Crippen LogP contribution in [0.4, 0.5) is 0 Å². The highest BCUT2D eigenvalue weighted by atomic mass is 16.5. The number of rotatable bonds is 4. The molecular formula is C15H20O8. The van der Waals surface area contributed by atoms with Crippen LogP contribution in [0.3, 0.4) is 0 Å². The number of methoxy groups -OCH3 is 1. The highest BCUT2D eigenvalue weighted by Gasteiger charge is 2.48. The van der Waals surface area contributed by atoms with Gasteiger partial charge in [-0.1, -0.05) is 12.1 Å². The first-order valence-corrected chi connectivity index (χ1v) is 7.06. The van der Waals surface area contributed by atoms with Gasteiger partial charge in [-0.3, -0.25) is 0 Å². The zero-order chi connectivity index (χ0) is 17.1. The van der Waals surface area contributed by atoms with Gasteiger partial charge in [-0.25, -0.2) is 4.79 Å². The van der Waals surface area contributed by atoms with Gasteiger partial charge in [-0.2, -0.15) is 0 Å². The second kappa shape index (κ2) is 7.35. The Hall–Kier alpha value is -1.55. The zero-order valence-electron chi connectivity index (χ0n) is 12.4. The van der Waals surface area contributed by atoms with Crippen molar-refractivity contribution in [3.05, 3.63) is 35.4 Å². The molecule has 1 aliphatic carbocycles. The predicted octanol–water partition coefficient (Wildman–Crippen LogP) is -1.82. The number of ether oxygens (including phenoxy) is 2. The monoisotopic (exact) mass is 328 g/mol. The third-order valence-electron chi connectivity index (χ3n) is 3.89. The van der Waals surface area contributed by atoms with Crippen molar-refractivity contribution in [2.75, 3.05) is 7.11 Å². The fraction of sp³-hybridized carbons (Fsp3) is 0.533. The summed E-state index contributed by atoms with van der Waals surface area (Å²) >= 11 is 0. The van der Waals surface area contributed by atoms with Gasteiger partial charge < -0.3 is 35.0 Å². The summed E-state index contributed by atoms with van der Waals surface area (Å²) in [4.78, 5) is 11.3. The van der Waals surface area contributed by atoms with Crippen LogP contribution >= 0.6 is 0 Å². The lowest BCUT2D eigenvalue weighted by molar-refractivity contribution is -0.237. The van der Waals surface area contributed by atoms with Crippen LogP contribution in [0.5, 0.6) is 0 Å². The lowest BCUT2D eigenvalue weighted by Gasteiger charge is -2.41. The second-order valence-electron chi connectivity index (χ2n) is 5.42. The standard InChI is InChI=1S/C15H20O8/c1-22-15(21)8-4-2-7(3-5-8)6-23-14-12(19)10(17)9(16)11(18)13(14)20/h2-5,9-14,16-20H,6H2,1H3/t9?,10-,11-,12-,13+,14?/m1/s1. The average Bonchev–Trinajstić information content (AvgIpc) is 2.58. The maximum atomic E-state index is 11.3. The number of carbonyl (C=O) groups excluding carboxylic acids is 1. The van der Waals surface area contributed by atoms with Crippen LogP contribution in [0.25, 0.3) is 0 Å². The van der Waals surface area contributed by atoms with Crippen LogP contribution in [0.2, 0.25) is 0 Å². The van der Waals surface area contributed by atoms with Gasteiger partial charge in [-0.15, -0.1) is 0 Å². The van der Waals surface area contributed by atoms with E-state index in [9.17, 15) is 30.3 Å². The van der Waals surface area contributed by atoms with Crippen LogP contribution < -0.4 is 0 Å². The molecule has 1 aliphatic rings. The first-order valence-electron chi connectivity index (χ1n) is 7.06. The van der Waals surface area contributed by atoms with Crippen LogP contribution in [0, 0.1) is 0 Å². The molecule has 0 amide bonds. The van der Waals surface area contributed by atoms with Crippen LogP contribution in [-0.4, -0.2) is 75.2 Å². The largest absolute Gasteiger partial charge is 0.465 e. The molecule has 0 saturated heterocycles. The first kappa shape index (κ1) is 17.8. The lowest BCUT2D eigenvalue weighted by atomic mass is 9.85. The molecule has 0 heterocycles. The Balaban J connectivity index is 2.00. The lowest BCUT2D eigenvalue weighted by Crippen LogP contribution is -2.64. The molecule has 8 nitrogen and oxygen atoms in total. The predicted molar refractivity (Wildman–Crippen MR) is 76.4 cm³/mol.